The monoisotopic (exact) mass is 502 g/mol. The quantitative estimate of drug-likeness (QED) is 0.388. The normalized spacial score (nSPS) is 26.3. The molecule has 10 heteroatoms. The highest BCUT2D eigenvalue weighted by Gasteiger charge is 2.46. The summed E-state index contributed by atoms with van der Waals surface area (Å²) in [4.78, 5) is 60.9. The summed E-state index contributed by atoms with van der Waals surface area (Å²) in [7, 11) is 0. The van der Waals surface area contributed by atoms with Crippen molar-refractivity contribution in [2.75, 3.05) is 26.4 Å². The smallest absolute Gasteiger partial charge is 0.333 e. The standard InChI is InChI=1S/C26H34N2O8/c1-7-33-21(29)17-13-25(5,23(31)35-9-3)27-19-12-16-18(22(30)34-8-2)14-26(6,24(32)36-10-4)28-20(16)11-15(17)19/h11-12,17-18H,7-10,13-14H2,1-6H3. The fourth-order valence-corrected chi connectivity index (χ4v) is 4.74. The fraction of sp³-hybridized carbons (Fsp3) is 0.615. The zero-order valence-corrected chi connectivity index (χ0v) is 21.7. The number of ether oxygens (including phenoxy) is 4. The molecule has 36 heavy (non-hydrogen) atoms. The molecule has 0 saturated heterocycles. The number of benzene rings is 1. The van der Waals surface area contributed by atoms with Crippen LogP contribution in [0.2, 0.25) is 0 Å². The van der Waals surface area contributed by atoms with E-state index in [-0.39, 0.29) is 39.3 Å². The molecule has 0 aromatic heterocycles. The lowest BCUT2D eigenvalue weighted by Crippen LogP contribution is -2.48. The predicted molar refractivity (Wildman–Crippen MR) is 127 cm³/mol. The highest BCUT2D eigenvalue weighted by Crippen LogP contribution is 2.36. The van der Waals surface area contributed by atoms with Gasteiger partial charge in [0.15, 0.2) is 11.1 Å². The van der Waals surface area contributed by atoms with E-state index in [1.54, 1.807) is 53.7 Å². The third kappa shape index (κ3) is 5.12. The van der Waals surface area contributed by atoms with Crippen molar-refractivity contribution in [3.8, 4) is 0 Å². The topological polar surface area (TPSA) is 130 Å². The molecule has 0 amide bonds. The fourth-order valence-electron chi connectivity index (χ4n) is 4.74. The van der Waals surface area contributed by atoms with E-state index in [0.717, 1.165) is 0 Å². The molecule has 4 atom stereocenters. The molecule has 0 radical (unpaired) electrons. The zero-order chi connectivity index (χ0) is 26.7. The maximum absolute atomic E-state index is 13.0. The molecule has 0 bridgehead atoms. The van der Waals surface area contributed by atoms with Gasteiger partial charge in [-0.25, -0.2) is 9.59 Å². The van der Waals surface area contributed by atoms with Crippen molar-refractivity contribution in [1.82, 2.24) is 0 Å². The Kier molecular flexibility index (Phi) is 8.15. The Hall–Kier alpha value is -3.30. The molecule has 2 aliphatic heterocycles. The first kappa shape index (κ1) is 27.3. The van der Waals surface area contributed by atoms with E-state index in [0.29, 0.717) is 21.8 Å². The Labute approximate surface area is 210 Å². The van der Waals surface area contributed by atoms with Gasteiger partial charge in [-0.2, -0.15) is 0 Å². The number of carbonyl (C=O) groups excluding carboxylic acids is 4. The minimum atomic E-state index is -1.32. The largest absolute Gasteiger partial charge is 0.466 e. The Bertz CT molecular complexity index is 1090. The van der Waals surface area contributed by atoms with E-state index in [4.69, 9.17) is 18.9 Å². The number of hydrogen-bond acceptors (Lipinski definition) is 10. The lowest BCUT2D eigenvalue weighted by atomic mass is 9.78. The molecular weight excluding hydrogens is 468 g/mol. The number of nitrogens with zero attached hydrogens (tertiary/aromatic N) is 2. The highest BCUT2D eigenvalue weighted by atomic mass is 16.5. The van der Waals surface area contributed by atoms with Gasteiger partial charge in [-0.3, -0.25) is 19.6 Å². The van der Waals surface area contributed by atoms with Crippen LogP contribution in [0.3, 0.4) is 0 Å². The Morgan fingerprint density at radius 3 is 1.33 bits per heavy atom. The summed E-state index contributed by atoms with van der Waals surface area (Å²) in [6.45, 7) is 10.7. The van der Waals surface area contributed by atoms with Gasteiger partial charge in [-0.1, -0.05) is 0 Å². The van der Waals surface area contributed by atoms with Crippen molar-refractivity contribution in [2.45, 2.75) is 77.3 Å². The molecule has 0 spiro atoms. The molecule has 10 nitrogen and oxygen atoms in total. The average molecular weight is 503 g/mol. The average Bonchev–Trinajstić information content (AvgIpc) is 2.82. The van der Waals surface area contributed by atoms with E-state index in [1.165, 1.54) is 0 Å². The van der Waals surface area contributed by atoms with Crippen LogP contribution in [0.5, 0.6) is 0 Å². The van der Waals surface area contributed by atoms with Crippen molar-refractivity contribution >= 4 is 23.9 Å². The number of hydrogen-bond donors (Lipinski definition) is 0. The third-order valence-electron chi connectivity index (χ3n) is 6.44. The van der Waals surface area contributed by atoms with Gasteiger partial charge in [-0.05, 0) is 64.8 Å². The first-order valence-corrected chi connectivity index (χ1v) is 12.3. The van der Waals surface area contributed by atoms with E-state index < -0.39 is 46.8 Å². The molecule has 0 N–H and O–H groups in total. The number of carbonyl (C=O) groups is 4. The summed E-state index contributed by atoms with van der Waals surface area (Å²) in [5, 5.41) is 0.746. The molecule has 0 aliphatic carbocycles. The van der Waals surface area contributed by atoms with Crippen LogP contribution in [-0.4, -0.2) is 61.4 Å². The van der Waals surface area contributed by atoms with Crippen LogP contribution < -0.4 is 10.7 Å². The SMILES string of the molecule is CCOC(=O)C1CC(C)(C(=O)OCC)N=c2cc3c(cc21)=NC(C)(C(=O)OCC)CC3C(=O)OCC. The molecule has 2 aliphatic rings. The van der Waals surface area contributed by atoms with Crippen molar-refractivity contribution in [1.29, 1.82) is 0 Å². The number of rotatable bonds is 8. The van der Waals surface area contributed by atoms with Gasteiger partial charge in [0.25, 0.3) is 0 Å². The molecule has 0 saturated carbocycles. The second-order valence-electron chi connectivity index (χ2n) is 9.20. The van der Waals surface area contributed by atoms with Gasteiger partial charge in [0.2, 0.25) is 0 Å². The minimum absolute atomic E-state index is 0.0485. The maximum atomic E-state index is 13.0. The molecule has 1 aromatic rings. The molecule has 1 aromatic carbocycles. The summed E-state index contributed by atoms with van der Waals surface area (Å²) in [6.07, 6.45) is 0.0970. The summed E-state index contributed by atoms with van der Waals surface area (Å²) in [5.74, 6) is -3.74. The maximum Gasteiger partial charge on any atom is 0.333 e. The van der Waals surface area contributed by atoms with Gasteiger partial charge in [-0.15, -0.1) is 0 Å². The van der Waals surface area contributed by atoms with Crippen molar-refractivity contribution in [3.05, 3.63) is 34.0 Å². The molecular formula is C26H34N2O8. The lowest BCUT2D eigenvalue weighted by molar-refractivity contribution is -0.153. The summed E-state index contributed by atoms with van der Waals surface area (Å²) >= 11 is 0. The van der Waals surface area contributed by atoms with Gasteiger partial charge < -0.3 is 18.9 Å². The van der Waals surface area contributed by atoms with Gasteiger partial charge in [0, 0.05) is 12.8 Å². The lowest BCUT2D eigenvalue weighted by Gasteiger charge is -2.34. The van der Waals surface area contributed by atoms with Crippen LogP contribution in [0.15, 0.2) is 22.1 Å². The molecule has 2 heterocycles. The summed E-state index contributed by atoms with van der Waals surface area (Å²) in [5.41, 5.74) is -1.62. The van der Waals surface area contributed by atoms with Crippen LogP contribution >= 0.6 is 0 Å². The van der Waals surface area contributed by atoms with Crippen molar-refractivity contribution in [2.24, 2.45) is 9.98 Å². The Morgan fingerprint density at radius 1 is 0.694 bits per heavy atom. The second kappa shape index (κ2) is 10.8. The predicted octanol–water partition coefficient (Wildman–Crippen LogP) is 1.67. The van der Waals surface area contributed by atoms with Gasteiger partial charge in [0.05, 0.1) is 49.0 Å². The first-order valence-electron chi connectivity index (χ1n) is 12.3. The van der Waals surface area contributed by atoms with E-state index in [1.807, 2.05) is 0 Å². The number of esters is 4. The first-order chi connectivity index (χ1) is 17.0. The Morgan fingerprint density at radius 2 is 1.03 bits per heavy atom. The molecule has 0 fully saturated rings. The van der Waals surface area contributed by atoms with Crippen LogP contribution in [0.1, 0.15) is 77.3 Å². The van der Waals surface area contributed by atoms with Gasteiger partial charge >= 0.3 is 23.9 Å². The highest BCUT2D eigenvalue weighted by molar-refractivity contribution is 5.86. The van der Waals surface area contributed by atoms with E-state index in [2.05, 4.69) is 9.98 Å². The van der Waals surface area contributed by atoms with E-state index >= 15 is 0 Å². The molecule has 3 rings (SSSR count). The van der Waals surface area contributed by atoms with Crippen LogP contribution in [0.25, 0.3) is 0 Å². The summed E-state index contributed by atoms with van der Waals surface area (Å²) in [6, 6.07) is 3.31. The van der Waals surface area contributed by atoms with Crippen molar-refractivity contribution < 1.29 is 38.1 Å². The third-order valence-corrected chi connectivity index (χ3v) is 6.44. The minimum Gasteiger partial charge on any atom is -0.466 e. The Balaban J connectivity index is 2.30. The van der Waals surface area contributed by atoms with Crippen LogP contribution in [0.4, 0.5) is 0 Å². The van der Waals surface area contributed by atoms with Gasteiger partial charge in [0.1, 0.15) is 0 Å². The van der Waals surface area contributed by atoms with Crippen molar-refractivity contribution in [3.63, 3.8) is 0 Å². The zero-order valence-electron chi connectivity index (χ0n) is 21.7. The van der Waals surface area contributed by atoms with Crippen LogP contribution in [0, 0.1) is 0 Å². The van der Waals surface area contributed by atoms with Crippen LogP contribution in [-0.2, 0) is 38.1 Å². The summed E-state index contributed by atoms with van der Waals surface area (Å²) < 4.78 is 21.1. The van der Waals surface area contributed by atoms with E-state index in [9.17, 15) is 19.2 Å². The molecule has 196 valence electrons. The number of fused-ring (bicyclic) bond motifs is 2. The molecule has 4 unspecified atom stereocenters. The second-order valence-corrected chi connectivity index (χ2v) is 9.20.